The minimum atomic E-state index is -0.534. The topological polar surface area (TPSA) is 114 Å². The Morgan fingerprint density at radius 1 is 1.00 bits per heavy atom. The van der Waals surface area contributed by atoms with Crippen LogP contribution in [0.25, 0.3) is 10.9 Å². The van der Waals surface area contributed by atoms with Crippen LogP contribution in [0.2, 0.25) is 0 Å². The molecule has 2 aromatic carbocycles. The van der Waals surface area contributed by atoms with E-state index in [1.807, 2.05) is 73.3 Å². The van der Waals surface area contributed by atoms with Gasteiger partial charge >= 0.3 is 0 Å². The van der Waals surface area contributed by atoms with Crippen LogP contribution < -0.4 is 15.8 Å². The van der Waals surface area contributed by atoms with Gasteiger partial charge in [0.25, 0.3) is 5.91 Å². The molecule has 2 amide bonds. The summed E-state index contributed by atoms with van der Waals surface area (Å²) in [5.74, 6) is 1.53. The molecule has 9 heteroatoms. The molecule has 1 fully saturated rings. The van der Waals surface area contributed by atoms with Crippen molar-refractivity contribution in [3.8, 4) is 5.75 Å². The highest BCUT2D eigenvalue weighted by molar-refractivity contribution is 5.92. The van der Waals surface area contributed by atoms with Crippen LogP contribution in [0.1, 0.15) is 19.7 Å². The second kappa shape index (κ2) is 11.1. The fraction of sp³-hybridized carbons (Fsp3) is 0.385. The zero-order chi connectivity index (χ0) is 24.8. The zero-order valence-electron chi connectivity index (χ0n) is 20.2. The number of hydrogen-bond donors (Lipinski definition) is 2. The molecule has 3 N–H and O–H groups in total. The lowest BCUT2D eigenvalue weighted by Crippen LogP contribution is -2.49. The second-order valence-electron chi connectivity index (χ2n) is 9.03. The van der Waals surface area contributed by atoms with Gasteiger partial charge in [0.05, 0.1) is 12.1 Å². The summed E-state index contributed by atoms with van der Waals surface area (Å²) in [7, 11) is 0. The monoisotopic (exact) mass is 476 g/mol. The lowest BCUT2D eigenvalue weighted by molar-refractivity contribution is -0.135. The van der Waals surface area contributed by atoms with E-state index in [-0.39, 0.29) is 18.4 Å². The Morgan fingerprint density at radius 2 is 1.69 bits per heavy atom. The van der Waals surface area contributed by atoms with Crippen molar-refractivity contribution < 1.29 is 14.3 Å². The van der Waals surface area contributed by atoms with Crippen molar-refractivity contribution in [2.45, 2.75) is 26.4 Å². The highest BCUT2D eigenvalue weighted by Gasteiger charge is 2.24. The molecule has 1 aliphatic heterocycles. The molecule has 2 heterocycles. The predicted molar refractivity (Wildman–Crippen MR) is 135 cm³/mol. The summed E-state index contributed by atoms with van der Waals surface area (Å²) < 4.78 is 5.60. The Labute approximate surface area is 205 Å². The van der Waals surface area contributed by atoms with E-state index >= 15 is 0 Å². The highest BCUT2D eigenvalue weighted by Crippen LogP contribution is 2.23. The van der Waals surface area contributed by atoms with E-state index in [1.54, 1.807) is 0 Å². The van der Waals surface area contributed by atoms with Gasteiger partial charge in [-0.3, -0.25) is 14.5 Å². The number of carbonyl (C=O) groups excluding carboxylic acids is 2. The maximum absolute atomic E-state index is 12.6. The predicted octanol–water partition coefficient (Wildman–Crippen LogP) is 2.27. The van der Waals surface area contributed by atoms with Gasteiger partial charge in [-0.2, -0.15) is 0 Å². The van der Waals surface area contributed by atoms with Gasteiger partial charge < -0.3 is 20.7 Å². The van der Waals surface area contributed by atoms with E-state index in [0.29, 0.717) is 50.1 Å². The highest BCUT2D eigenvalue weighted by atomic mass is 16.5. The van der Waals surface area contributed by atoms with Crippen LogP contribution in [-0.2, 0) is 16.1 Å². The average Bonchev–Trinajstić information content (AvgIpc) is 2.86. The molecular formula is C26H32N6O3. The van der Waals surface area contributed by atoms with Gasteiger partial charge in [0.2, 0.25) is 5.91 Å². The number of primary amides is 1. The van der Waals surface area contributed by atoms with E-state index in [2.05, 4.69) is 10.2 Å². The number of fused-ring (bicyclic) bond motifs is 1. The number of rotatable bonds is 9. The molecule has 4 rings (SSSR count). The van der Waals surface area contributed by atoms with Gasteiger partial charge in [-0.1, -0.05) is 44.2 Å². The third kappa shape index (κ3) is 6.24. The lowest BCUT2D eigenvalue weighted by Gasteiger charge is -2.34. The third-order valence-corrected chi connectivity index (χ3v) is 6.11. The van der Waals surface area contributed by atoms with Crippen molar-refractivity contribution >= 4 is 28.5 Å². The van der Waals surface area contributed by atoms with Crippen molar-refractivity contribution in [3.05, 3.63) is 60.4 Å². The largest absolute Gasteiger partial charge is 0.484 e. The molecule has 1 aromatic heterocycles. The van der Waals surface area contributed by atoms with Crippen molar-refractivity contribution in [2.24, 2.45) is 11.7 Å². The Hall–Kier alpha value is -3.72. The number of hydrogen-bond acceptors (Lipinski definition) is 7. The first-order chi connectivity index (χ1) is 16.9. The zero-order valence-corrected chi connectivity index (χ0v) is 20.2. The number of anilines is 1. The molecule has 1 atom stereocenters. The molecular weight excluding hydrogens is 444 g/mol. The first-order valence-corrected chi connectivity index (χ1v) is 11.9. The SMILES string of the molecule is CC(C)[C@H](Nc1nc(CN2CCN(C(=O)COc3ccccc3)CC2)nc2ccccc12)C(N)=O. The fourth-order valence-corrected chi connectivity index (χ4v) is 4.13. The van der Waals surface area contributed by atoms with E-state index < -0.39 is 11.9 Å². The number of nitrogens with one attached hydrogen (secondary N) is 1. The smallest absolute Gasteiger partial charge is 0.260 e. The first-order valence-electron chi connectivity index (χ1n) is 11.9. The van der Waals surface area contributed by atoms with Gasteiger partial charge in [-0.25, -0.2) is 9.97 Å². The standard InChI is InChI=1S/C26H32N6O3/c1-18(2)24(25(27)34)30-26-20-10-6-7-11-21(20)28-22(29-26)16-31-12-14-32(15-13-31)23(33)17-35-19-8-4-3-5-9-19/h3-11,18,24H,12-17H2,1-2H3,(H2,27,34)(H,28,29,30)/t24-/m0/s1. The Kier molecular flexibility index (Phi) is 7.77. The van der Waals surface area contributed by atoms with Crippen LogP contribution in [-0.4, -0.2) is 70.4 Å². The van der Waals surface area contributed by atoms with Crippen molar-refractivity contribution in [1.29, 1.82) is 0 Å². The molecule has 0 unspecified atom stereocenters. The Balaban J connectivity index is 1.39. The number of nitrogens with zero attached hydrogens (tertiary/aromatic N) is 4. The molecule has 1 saturated heterocycles. The summed E-state index contributed by atoms with van der Waals surface area (Å²) >= 11 is 0. The summed E-state index contributed by atoms with van der Waals surface area (Å²) in [6.07, 6.45) is 0. The molecule has 0 aliphatic carbocycles. The van der Waals surface area contributed by atoms with Crippen LogP contribution in [0, 0.1) is 5.92 Å². The van der Waals surface area contributed by atoms with E-state index in [0.717, 1.165) is 10.9 Å². The van der Waals surface area contributed by atoms with Crippen molar-refractivity contribution in [3.63, 3.8) is 0 Å². The summed E-state index contributed by atoms with van der Waals surface area (Å²) in [5, 5.41) is 4.08. The molecule has 184 valence electrons. The summed E-state index contributed by atoms with van der Waals surface area (Å²) in [5.41, 5.74) is 6.42. The lowest BCUT2D eigenvalue weighted by atomic mass is 10.0. The Morgan fingerprint density at radius 3 is 2.37 bits per heavy atom. The maximum Gasteiger partial charge on any atom is 0.260 e. The molecule has 0 saturated carbocycles. The summed E-state index contributed by atoms with van der Waals surface area (Å²) in [6, 6.07) is 16.5. The molecule has 0 spiro atoms. The number of piperazine rings is 1. The summed E-state index contributed by atoms with van der Waals surface area (Å²) in [4.78, 5) is 38.0. The van der Waals surface area contributed by atoms with Gasteiger partial charge in [-0.15, -0.1) is 0 Å². The van der Waals surface area contributed by atoms with Crippen LogP contribution >= 0.6 is 0 Å². The molecule has 0 radical (unpaired) electrons. The quantitative estimate of drug-likeness (QED) is 0.487. The number of para-hydroxylation sites is 2. The van der Waals surface area contributed by atoms with Crippen LogP contribution in [0.3, 0.4) is 0 Å². The van der Waals surface area contributed by atoms with E-state index in [4.69, 9.17) is 20.4 Å². The molecule has 9 nitrogen and oxygen atoms in total. The van der Waals surface area contributed by atoms with Crippen LogP contribution in [0.15, 0.2) is 54.6 Å². The van der Waals surface area contributed by atoms with E-state index in [1.165, 1.54) is 0 Å². The number of aromatic nitrogens is 2. The van der Waals surface area contributed by atoms with Gasteiger partial charge in [0.1, 0.15) is 23.4 Å². The van der Waals surface area contributed by atoms with Crippen molar-refractivity contribution in [1.82, 2.24) is 19.8 Å². The van der Waals surface area contributed by atoms with Gasteiger partial charge in [0, 0.05) is 31.6 Å². The number of benzene rings is 2. The molecule has 3 aromatic rings. The minimum Gasteiger partial charge on any atom is -0.484 e. The van der Waals surface area contributed by atoms with Crippen molar-refractivity contribution in [2.75, 3.05) is 38.1 Å². The first kappa shape index (κ1) is 24.4. The fourth-order valence-electron chi connectivity index (χ4n) is 4.13. The maximum atomic E-state index is 12.6. The number of carbonyl (C=O) groups is 2. The second-order valence-corrected chi connectivity index (χ2v) is 9.03. The van der Waals surface area contributed by atoms with E-state index in [9.17, 15) is 9.59 Å². The average molecular weight is 477 g/mol. The Bertz CT molecular complexity index is 1160. The number of amides is 2. The summed E-state index contributed by atoms with van der Waals surface area (Å²) in [6.45, 7) is 7.13. The number of nitrogens with two attached hydrogens (primary N) is 1. The third-order valence-electron chi connectivity index (χ3n) is 6.11. The van der Waals surface area contributed by atoms with Crippen LogP contribution in [0.4, 0.5) is 5.82 Å². The molecule has 1 aliphatic rings. The van der Waals surface area contributed by atoms with Gasteiger partial charge in [-0.05, 0) is 30.2 Å². The number of ether oxygens (including phenoxy) is 1. The molecule has 0 bridgehead atoms. The minimum absolute atomic E-state index is 0.0150. The molecule has 35 heavy (non-hydrogen) atoms. The normalized spacial score (nSPS) is 15.2. The van der Waals surface area contributed by atoms with Gasteiger partial charge in [0.15, 0.2) is 6.61 Å². The van der Waals surface area contributed by atoms with Crippen LogP contribution in [0.5, 0.6) is 5.75 Å².